The molecule has 5 heteroatoms. The van der Waals surface area contributed by atoms with Crippen molar-refractivity contribution < 1.29 is 4.74 Å². The number of hydrogen-bond acceptors (Lipinski definition) is 4. The predicted octanol–water partition coefficient (Wildman–Crippen LogP) is 3.22. The molecule has 4 nitrogen and oxygen atoms in total. The van der Waals surface area contributed by atoms with Crippen LogP contribution in [0.1, 0.15) is 32.3 Å². The van der Waals surface area contributed by atoms with Crippen LogP contribution in [0.25, 0.3) is 0 Å². The summed E-state index contributed by atoms with van der Waals surface area (Å²) in [4.78, 5) is 4.10. The molecule has 0 fully saturated rings. The number of rotatable bonds is 7. The van der Waals surface area contributed by atoms with Gasteiger partial charge in [0.15, 0.2) is 0 Å². The molecule has 0 aromatic carbocycles. The Morgan fingerprint density at radius 1 is 1.44 bits per heavy atom. The molecule has 0 bridgehead atoms. The van der Waals surface area contributed by atoms with Gasteiger partial charge in [-0.25, -0.2) is 4.98 Å². The second-order valence-electron chi connectivity index (χ2n) is 4.23. The molecule has 0 spiro atoms. The molecule has 1 rings (SSSR count). The Hall–Kier alpha value is -1.31. The number of nitrogens with one attached hydrogen (secondary N) is 1. The van der Waals surface area contributed by atoms with Gasteiger partial charge in [0.05, 0.1) is 17.7 Å². The highest BCUT2D eigenvalue weighted by Gasteiger charge is 2.00. The Balaban J connectivity index is 2.27. The predicted molar refractivity (Wildman–Crippen MR) is 72.8 cm³/mol. The van der Waals surface area contributed by atoms with E-state index in [9.17, 15) is 0 Å². The highest BCUT2D eigenvalue weighted by atomic mass is 35.5. The van der Waals surface area contributed by atoms with Crippen molar-refractivity contribution in [3.8, 4) is 6.07 Å². The van der Waals surface area contributed by atoms with Crippen LogP contribution in [-0.2, 0) is 4.74 Å². The first kappa shape index (κ1) is 14.7. The van der Waals surface area contributed by atoms with Gasteiger partial charge < -0.3 is 10.1 Å². The number of unbranched alkanes of at least 4 members (excludes halogenated alkanes) is 1. The maximum atomic E-state index is 8.80. The summed E-state index contributed by atoms with van der Waals surface area (Å²) in [6, 6.07) is 5.28. The zero-order valence-corrected chi connectivity index (χ0v) is 11.5. The van der Waals surface area contributed by atoms with Gasteiger partial charge in [0, 0.05) is 13.2 Å². The van der Waals surface area contributed by atoms with Crippen LogP contribution < -0.4 is 5.32 Å². The van der Waals surface area contributed by atoms with Crippen LogP contribution in [0, 0.1) is 11.3 Å². The Labute approximate surface area is 113 Å². The van der Waals surface area contributed by atoms with Gasteiger partial charge in [0.25, 0.3) is 0 Å². The van der Waals surface area contributed by atoms with Crippen molar-refractivity contribution >= 4 is 17.4 Å². The summed E-state index contributed by atoms with van der Waals surface area (Å²) in [6.07, 6.45) is 2.27. The molecule has 1 heterocycles. The van der Waals surface area contributed by atoms with Crippen molar-refractivity contribution in [1.82, 2.24) is 4.98 Å². The number of pyridine rings is 1. The standard InChI is InChI=1S/C13H18ClN3O/c1-10(2)18-6-4-3-5-16-13-8-11(9-15)7-12(14)17-13/h7-8,10H,3-6H2,1-2H3,(H,16,17). The monoisotopic (exact) mass is 267 g/mol. The SMILES string of the molecule is CC(C)OCCCCNc1cc(C#N)cc(Cl)n1. The highest BCUT2D eigenvalue weighted by molar-refractivity contribution is 6.29. The molecule has 0 saturated heterocycles. The molecular formula is C13H18ClN3O. The minimum absolute atomic E-state index is 0.283. The Morgan fingerprint density at radius 2 is 2.22 bits per heavy atom. The van der Waals surface area contributed by atoms with Gasteiger partial charge in [-0.1, -0.05) is 11.6 Å². The van der Waals surface area contributed by atoms with Gasteiger partial charge in [0.1, 0.15) is 11.0 Å². The van der Waals surface area contributed by atoms with E-state index in [1.165, 1.54) is 0 Å². The normalized spacial score (nSPS) is 10.4. The van der Waals surface area contributed by atoms with Crippen molar-refractivity contribution in [3.05, 3.63) is 22.8 Å². The summed E-state index contributed by atoms with van der Waals surface area (Å²) in [6.45, 7) is 5.61. The molecule has 18 heavy (non-hydrogen) atoms. The van der Waals surface area contributed by atoms with Crippen LogP contribution in [0.4, 0.5) is 5.82 Å². The molecule has 0 radical (unpaired) electrons. The van der Waals surface area contributed by atoms with Crippen LogP contribution in [0.15, 0.2) is 12.1 Å². The molecule has 0 atom stereocenters. The van der Waals surface area contributed by atoms with E-state index >= 15 is 0 Å². The first-order valence-corrected chi connectivity index (χ1v) is 6.43. The molecule has 1 aromatic rings. The van der Waals surface area contributed by atoms with E-state index in [0.29, 0.717) is 16.5 Å². The number of halogens is 1. The third-order valence-electron chi connectivity index (χ3n) is 2.25. The smallest absolute Gasteiger partial charge is 0.132 e. The summed E-state index contributed by atoms with van der Waals surface area (Å²) in [5.41, 5.74) is 0.514. The van der Waals surface area contributed by atoms with Crippen molar-refractivity contribution in [3.63, 3.8) is 0 Å². The summed E-state index contributed by atoms with van der Waals surface area (Å²) in [5.74, 6) is 0.642. The fourth-order valence-electron chi connectivity index (χ4n) is 1.41. The molecule has 0 saturated carbocycles. The minimum Gasteiger partial charge on any atom is -0.379 e. The van der Waals surface area contributed by atoms with Crippen LogP contribution >= 0.6 is 11.6 Å². The molecule has 1 N–H and O–H groups in total. The van der Waals surface area contributed by atoms with Crippen molar-refractivity contribution in [2.24, 2.45) is 0 Å². The second kappa shape index (κ2) is 7.91. The molecule has 0 aliphatic carbocycles. The van der Waals surface area contributed by atoms with Crippen LogP contribution in [-0.4, -0.2) is 24.2 Å². The van der Waals surface area contributed by atoms with E-state index in [4.69, 9.17) is 21.6 Å². The van der Waals surface area contributed by atoms with E-state index in [0.717, 1.165) is 26.0 Å². The second-order valence-corrected chi connectivity index (χ2v) is 4.62. The lowest BCUT2D eigenvalue weighted by molar-refractivity contribution is 0.0765. The van der Waals surface area contributed by atoms with Gasteiger partial charge >= 0.3 is 0 Å². The minimum atomic E-state index is 0.283. The summed E-state index contributed by atoms with van der Waals surface area (Å²) >= 11 is 5.80. The zero-order chi connectivity index (χ0) is 13.4. The number of aromatic nitrogens is 1. The average Bonchev–Trinajstić information content (AvgIpc) is 2.32. The lowest BCUT2D eigenvalue weighted by Gasteiger charge is -2.08. The Kier molecular flexibility index (Phi) is 6.48. The maximum absolute atomic E-state index is 8.80. The number of nitrogens with zero attached hydrogens (tertiary/aromatic N) is 2. The zero-order valence-electron chi connectivity index (χ0n) is 10.7. The fourth-order valence-corrected chi connectivity index (χ4v) is 1.62. The highest BCUT2D eigenvalue weighted by Crippen LogP contribution is 2.13. The molecule has 0 unspecified atom stereocenters. The van der Waals surface area contributed by atoms with Gasteiger partial charge in [-0.3, -0.25) is 0 Å². The third-order valence-corrected chi connectivity index (χ3v) is 2.45. The maximum Gasteiger partial charge on any atom is 0.132 e. The summed E-state index contributed by atoms with van der Waals surface area (Å²) < 4.78 is 5.44. The lowest BCUT2D eigenvalue weighted by Crippen LogP contribution is -2.07. The van der Waals surface area contributed by atoms with Crippen molar-refractivity contribution in [2.75, 3.05) is 18.5 Å². The van der Waals surface area contributed by atoms with Crippen molar-refractivity contribution in [1.29, 1.82) is 5.26 Å². The topological polar surface area (TPSA) is 57.9 Å². The van der Waals surface area contributed by atoms with Crippen LogP contribution in [0.5, 0.6) is 0 Å². The largest absolute Gasteiger partial charge is 0.379 e. The van der Waals surface area contributed by atoms with Gasteiger partial charge in [-0.05, 0) is 38.8 Å². The van der Waals surface area contributed by atoms with Crippen molar-refractivity contribution in [2.45, 2.75) is 32.8 Å². The quantitative estimate of drug-likeness (QED) is 0.609. The van der Waals surface area contributed by atoms with E-state index in [1.54, 1.807) is 12.1 Å². The van der Waals surface area contributed by atoms with E-state index in [-0.39, 0.29) is 6.10 Å². The van der Waals surface area contributed by atoms with E-state index in [2.05, 4.69) is 10.3 Å². The van der Waals surface area contributed by atoms with Gasteiger partial charge in [0.2, 0.25) is 0 Å². The molecule has 0 aliphatic rings. The van der Waals surface area contributed by atoms with Gasteiger partial charge in [-0.15, -0.1) is 0 Å². The summed E-state index contributed by atoms with van der Waals surface area (Å²) in [5, 5.41) is 12.3. The van der Waals surface area contributed by atoms with Crippen LogP contribution in [0.2, 0.25) is 5.15 Å². The first-order valence-electron chi connectivity index (χ1n) is 6.05. The number of hydrogen-bond donors (Lipinski definition) is 1. The number of ether oxygens (including phenoxy) is 1. The molecular weight excluding hydrogens is 250 g/mol. The molecule has 98 valence electrons. The number of anilines is 1. The van der Waals surface area contributed by atoms with E-state index in [1.807, 2.05) is 19.9 Å². The molecule has 1 aromatic heterocycles. The average molecular weight is 268 g/mol. The molecule has 0 aliphatic heterocycles. The first-order chi connectivity index (χ1) is 8.61. The lowest BCUT2D eigenvalue weighted by atomic mass is 10.3. The summed E-state index contributed by atoms with van der Waals surface area (Å²) in [7, 11) is 0. The fraction of sp³-hybridized carbons (Fsp3) is 0.538. The van der Waals surface area contributed by atoms with Crippen LogP contribution in [0.3, 0.4) is 0 Å². The van der Waals surface area contributed by atoms with Gasteiger partial charge in [-0.2, -0.15) is 5.26 Å². The number of nitriles is 1. The Morgan fingerprint density at radius 3 is 2.89 bits per heavy atom. The molecule has 0 amide bonds. The van der Waals surface area contributed by atoms with E-state index < -0.39 is 0 Å². The third kappa shape index (κ3) is 5.85. The Bertz CT molecular complexity index is 415.